The third-order valence-corrected chi connectivity index (χ3v) is 8.99. The zero-order valence-corrected chi connectivity index (χ0v) is 27.8. The molecule has 0 aliphatic heterocycles. The molecule has 0 heterocycles. The zero-order valence-electron chi connectivity index (χ0n) is 23.2. The second-order valence-electron chi connectivity index (χ2n) is 13.0. The summed E-state index contributed by atoms with van der Waals surface area (Å²) in [5, 5.41) is 0. The van der Waals surface area contributed by atoms with Crippen LogP contribution < -0.4 is 0 Å². The predicted octanol–water partition coefficient (Wildman–Crippen LogP) is 9.14. The number of rotatable bonds is 2. The normalized spacial score (nSPS) is 27.4. The smallest absolute Gasteiger partial charge is 0.660 e. The third-order valence-electron chi connectivity index (χ3n) is 5.06. The van der Waals surface area contributed by atoms with Gasteiger partial charge in [0.15, 0.2) is 0 Å². The first-order valence-corrected chi connectivity index (χ1v) is 21.4. The quantitative estimate of drug-likeness (QED) is 0.270. The van der Waals surface area contributed by atoms with Crippen molar-refractivity contribution in [2.45, 2.75) is 112 Å². The first-order valence-electron chi connectivity index (χ1n) is 10.9. The molecular weight excluding hydrogens is 434 g/mol. The summed E-state index contributed by atoms with van der Waals surface area (Å²) >= 11 is 0. The summed E-state index contributed by atoms with van der Waals surface area (Å²) in [4.78, 5) is 5.23. The van der Waals surface area contributed by atoms with Gasteiger partial charge in [-0.15, -0.1) is 21.7 Å². The SMILES string of the molecule is CC1C(C)C(C)C([Si](C)(C)[N-]C(C)(C)C)C1C.[CH2-][Si](C)(C)C.[CH2-][Si](C)(C)C.[CH3-].[Ti+4]. The summed E-state index contributed by atoms with van der Waals surface area (Å²) in [6, 6.07) is 0. The van der Waals surface area contributed by atoms with Gasteiger partial charge < -0.3 is 25.5 Å². The largest absolute Gasteiger partial charge is 4.00 e. The van der Waals surface area contributed by atoms with E-state index in [-0.39, 0.29) is 34.7 Å². The van der Waals surface area contributed by atoms with Gasteiger partial charge in [0.05, 0.1) is 0 Å². The predicted molar refractivity (Wildman–Crippen MR) is 145 cm³/mol. The number of hydrogen-bond donors (Lipinski definition) is 0. The average molecular weight is 492 g/mol. The molecule has 174 valence electrons. The summed E-state index contributed by atoms with van der Waals surface area (Å²) < 4.78 is 0. The van der Waals surface area contributed by atoms with E-state index in [4.69, 9.17) is 4.98 Å². The second kappa shape index (κ2) is 13.8. The minimum Gasteiger partial charge on any atom is -0.660 e. The number of hydrogen-bond acceptors (Lipinski definition) is 0. The molecule has 1 fully saturated rings. The van der Waals surface area contributed by atoms with Gasteiger partial charge >= 0.3 is 21.7 Å². The van der Waals surface area contributed by atoms with Crippen molar-refractivity contribution in [2.75, 3.05) is 0 Å². The van der Waals surface area contributed by atoms with Crippen LogP contribution in [0.15, 0.2) is 0 Å². The first-order chi connectivity index (χ1) is 11.5. The van der Waals surface area contributed by atoms with Crippen molar-refractivity contribution in [1.29, 1.82) is 0 Å². The molecule has 1 aliphatic carbocycles. The van der Waals surface area contributed by atoms with E-state index in [1.54, 1.807) is 0 Å². The summed E-state index contributed by atoms with van der Waals surface area (Å²) in [6.07, 6.45) is 0. The minimum absolute atomic E-state index is 0. The molecule has 1 aliphatic rings. The number of nitrogens with zero attached hydrogens (tertiary/aromatic N) is 1. The van der Waals surface area contributed by atoms with Crippen LogP contribution in [0.3, 0.4) is 0 Å². The van der Waals surface area contributed by atoms with E-state index < -0.39 is 24.4 Å². The van der Waals surface area contributed by atoms with Crippen molar-refractivity contribution >= 4 is 24.4 Å². The van der Waals surface area contributed by atoms with Gasteiger partial charge in [0.2, 0.25) is 0 Å². The second-order valence-corrected chi connectivity index (χ2v) is 27.5. The van der Waals surface area contributed by atoms with Crippen LogP contribution in [0.2, 0.25) is 57.9 Å². The van der Waals surface area contributed by atoms with Crippen LogP contribution >= 0.6 is 0 Å². The van der Waals surface area contributed by atoms with Gasteiger partial charge in [-0.25, -0.2) is 0 Å². The van der Waals surface area contributed by atoms with Crippen LogP contribution in [0.1, 0.15) is 48.5 Å². The average Bonchev–Trinajstić information content (AvgIpc) is 2.46. The topological polar surface area (TPSA) is 14.1 Å². The molecule has 4 unspecified atom stereocenters. The Morgan fingerprint density at radius 3 is 1.00 bits per heavy atom. The fourth-order valence-corrected chi connectivity index (χ4v) is 9.37. The Labute approximate surface area is 206 Å². The summed E-state index contributed by atoms with van der Waals surface area (Å²) in [5.74, 6) is 3.40. The van der Waals surface area contributed by atoms with Crippen LogP contribution in [0, 0.1) is 44.2 Å². The third kappa shape index (κ3) is 19.7. The molecule has 29 heavy (non-hydrogen) atoms. The van der Waals surface area contributed by atoms with Crippen molar-refractivity contribution in [2.24, 2.45) is 23.7 Å². The molecule has 0 aromatic heterocycles. The molecule has 1 saturated carbocycles. The fraction of sp³-hybridized carbons (Fsp3) is 0.875. The maximum Gasteiger partial charge on any atom is 4.00 e. The van der Waals surface area contributed by atoms with E-state index >= 15 is 0 Å². The monoisotopic (exact) mass is 491 g/mol. The van der Waals surface area contributed by atoms with Gasteiger partial charge in [0.1, 0.15) is 0 Å². The van der Waals surface area contributed by atoms with Gasteiger partial charge in [0.25, 0.3) is 0 Å². The van der Waals surface area contributed by atoms with Crippen molar-refractivity contribution < 1.29 is 21.7 Å². The molecular formula is C24H57NSi3Ti. The summed E-state index contributed by atoms with van der Waals surface area (Å²) in [7, 11) is -3.21. The maximum atomic E-state index is 5.23. The molecule has 0 spiro atoms. The molecule has 1 nitrogen and oxygen atoms in total. The summed E-state index contributed by atoms with van der Waals surface area (Å²) in [6.45, 7) is 42.6. The molecule has 0 saturated heterocycles. The van der Waals surface area contributed by atoms with E-state index in [0.29, 0.717) is 0 Å². The zero-order chi connectivity index (χ0) is 22.6. The maximum absolute atomic E-state index is 5.23. The minimum atomic E-state index is -1.49. The van der Waals surface area contributed by atoms with Crippen LogP contribution in [-0.2, 0) is 21.7 Å². The van der Waals surface area contributed by atoms with Gasteiger partial charge in [-0.3, -0.25) is 0 Å². The standard InChI is InChI=1S/C15H32NSi.2C4H11Si.CH3.Ti/c1-10-11(2)13(4)14(12(10)3)17(8,9)16-15(5,6)7;2*1-5(2,3)4;;/h10-14H,1-9H3;2*1H2,2-4H3;1H3;/q4*-1;+4. The van der Waals surface area contributed by atoms with Crippen LogP contribution in [0.25, 0.3) is 4.98 Å². The fourth-order valence-electron chi connectivity index (χ4n) is 4.32. The Balaban J connectivity index is -0.000000219. The van der Waals surface area contributed by atoms with Gasteiger partial charge in [0, 0.05) is 0 Å². The van der Waals surface area contributed by atoms with E-state index in [0.717, 1.165) is 29.2 Å². The van der Waals surface area contributed by atoms with Crippen molar-refractivity contribution in [3.05, 3.63) is 25.5 Å². The molecule has 0 aromatic carbocycles. The van der Waals surface area contributed by atoms with Crippen molar-refractivity contribution in [3.63, 3.8) is 0 Å². The molecule has 0 N–H and O–H groups in total. The van der Waals surface area contributed by atoms with Crippen LogP contribution in [0.4, 0.5) is 0 Å². The van der Waals surface area contributed by atoms with E-state index in [9.17, 15) is 0 Å². The van der Waals surface area contributed by atoms with Crippen molar-refractivity contribution in [1.82, 2.24) is 0 Å². The van der Waals surface area contributed by atoms with Crippen molar-refractivity contribution in [3.8, 4) is 0 Å². The molecule has 5 heteroatoms. The van der Waals surface area contributed by atoms with E-state index in [1.165, 1.54) is 0 Å². The molecule has 4 atom stereocenters. The Hall–Kier alpha value is 1.32. The van der Waals surface area contributed by atoms with Gasteiger partial charge in [-0.2, -0.15) is 0 Å². The molecule has 0 aromatic rings. The Bertz CT molecular complexity index is 381. The molecule has 0 radical (unpaired) electrons. The molecule has 0 amide bonds. The van der Waals surface area contributed by atoms with Crippen LogP contribution in [-0.4, -0.2) is 29.9 Å². The summed E-state index contributed by atoms with van der Waals surface area (Å²) in [5.41, 5.74) is 0.983. The first kappa shape index (κ1) is 37.6. The van der Waals surface area contributed by atoms with Gasteiger partial charge in [-0.1, -0.05) is 115 Å². The Morgan fingerprint density at radius 1 is 0.621 bits per heavy atom. The molecule has 1 rings (SSSR count). The van der Waals surface area contributed by atoms with E-state index in [2.05, 4.69) is 114 Å². The Kier molecular flexibility index (Phi) is 17.9. The van der Waals surface area contributed by atoms with Crippen LogP contribution in [0.5, 0.6) is 0 Å². The molecule has 0 bridgehead atoms. The van der Waals surface area contributed by atoms with Gasteiger partial charge in [-0.05, 0) is 23.7 Å². The van der Waals surface area contributed by atoms with E-state index in [1.807, 2.05) is 0 Å². The Morgan fingerprint density at radius 2 is 0.828 bits per heavy atom.